The fourth-order valence-corrected chi connectivity index (χ4v) is 4.52. The minimum Gasteiger partial charge on any atom is -0.437 e. The van der Waals surface area contributed by atoms with Crippen LogP contribution in [0.2, 0.25) is 0 Å². The van der Waals surface area contributed by atoms with Crippen molar-refractivity contribution < 1.29 is 12.8 Å². The molecule has 146 valence electrons. The van der Waals surface area contributed by atoms with E-state index in [4.69, 9.17) is 4.42 Å². The minimum atomic E-state index is -3.78. The number of sulfonamides is 1. The van der Waals surface area contributed by atoms with Crippen molar-refractivity contribution in [3.63, 3.8) is 0 Å². The summed E-state index contributed by atoms with van der Waals surface area (Å²) in [6, 6.07) is 27.4. The first kappa shape index (κ1) is 19.3. The Kier molecular flexibility index (Phi) is 5.69. The number of thioether (sulfide) groups is 1. The van der Waals surface area contributed by atoms with Crippen LogP contribution in [-0.4, -0.2) is 13.4 Å². The molecule has 1 aromatic heterocycles. The highest BCUT2D eigenvalue weighted by Crippen LogP contribution is 2.32. The summed E-state index contributed by atoms with van der Waals surface area (Å²) < 4.78 is 34.1. The maximum Gasteiger partial charge on any atom is 0.263 e. The van der Waals surface area contributed by atoms with Gasteiger partial charge in [0.1, 0.15) is 0 Å². The van der Waals surface area contributed by atoms with Crippen LogP contribution < -0.4 is 4.72 Å². The van der Waals surface area contributed by atoms with E-state index in [9.17, 15) is 8.42 Å². The fourth-order valence-electron chi connectivity index (χ4n) is 2.73. The molecule has 4 rings (SSSR count). The van der Waals surface area contributed by atoms with E-state index in [-0.39, 0.29) is 10.7 Å². The van der Waals surface area contributed by atoms with Crippen LogP contribution in [0.3, 0.4) is 0 Å². The molecule has 3 aromatic carbocycles. The molecule has 0 saturated heterocycles. The van der Waals surface area contributed by atoms with Crippen LogP contribution in [0.25, 0.3) is 11.3 Å². The Hall–Kier alpha value is -3.03. The van der Waals surface area contributed by atoms with Crippen molar-refractivity contribution in [1.29, 1.82) is 0 Å². The molecule has 0 aliphatic heterocycles. The van der Waals surface area contributed by atoms with Gasteiger partial charge in [-0.15, -0.1) is 11.8 Å². The minimum absolute atomic E-state index is 0.169. The van der Waals surface area contributed by atoms with Crippen LogP contribution in [0.15, 0.2) is 105 Å². The molecule has 0 unspecified atom stereocenters. The van der Waals surface area contributed by atoms with Crippen molar-refractivity contribution >= 4 is 27.6 Å². The van der Waals surface area contributed by atoms with Crippen LogP contribution in [0.1, 0.15) is 5.89 Å². The summed E-state index contributed by atoms with van der Waals surface area (Å²) in [5.74, 6) is 1.51. The second kappa shape index (κ2) is 8.55. The van der Waals surface area contributed by atoms with Crippen molar-refractivity contribution in [2.75, 3.05) is 4.72 Å². The van der Waals surface area contributed by atoms with Gasteiger partial charge in [0.05, 0.1) is 10.6 Å². The maximum atomic E-state index is 12.8. The molecule has 0 spiro atoms. The molecule has 5 nitrogen and oxygen atoms in total. The molecular formula is C22H18N2O3S2. The third kappa shape index (κ3) is 4.70. The lowest BCUT2D eigenvalue weighted by molar-refractivity contribution is 0.530. The SMILES string of the molecule is O=S(=O)(Nc1nc(CSc2ccccc2)oc1-c1ccccc1)c1ccccc1. The zero-order valence-electron chi connectivity index (χ0n) is 15.4. The van der Waals surface area contributed by atoms with Gasteiger partial charge in [-0.2, -0.15) is 4.98 Å². The highest BCUT2D eigenvalue weighted by atomic mass is 32.2. The molecule has 0 saturated carbocycles. The summed E-state index contributed by atoms with van der Waals surface area (Å²) in [6.07, 6.45) is 0. The van der Waals surface area contributed by atoms with Gasteiger partial charge in [-0.05, 0) is 24.3 Å². The quantitative estimate of drug-likeness (QED) is 0.402. The van der Waals surface area contributed by atoms with Crippen LogP contribution in [0.4, 0.5) is 5.82 Å². The standard InChI is InChI=1S/C22H18N2O3S2/c25-29(26,19-14-8-3-9-15-19)24-22-21(17-10-4-1-5-11-17)27-20(23-22)16-28-18-12-6-2-7-13-18/h1-15,24H,16H2. The second-order valence-electron chi connectivity index (χ2n) is 6.17. The van der Waals surface area contributed by atoms with Crippen LogP contribution >= 0.6 is 11.8 Å². The predicted octanol–water partition coefficient (Wildman–Crippen LogP) is 5.43. The van der Waals surface area contributed by atoms with Crippen LogP contribution in [0, 0.1) is 0 Å². The Balaban J connectivity index is 1.65. The highest BCUT2D eigenvalue weighted by Gasteiger charge is 2.21. The van der Waals surface area contributed by atoms with Crippen molar-refractivity contribution in [2.24, 2.45) is 0 Å². The molecule has 1 heterocycles. The lowest BCUT2D eigenvalue weighted by Gasteiger charge is -2.06. The molecule has 0 atom stereocenters. The molecule has 1 N–H and O–H groups in total. The zero-order chi connectivity index (χ0) is 20.1. The van der Waals surface area contributed by atoms with E-state index in [0.29, 0.717) is 17.4 Å². The Morgan fingerprint density at radius 2 is 1.41 bits per heavy atom. The Labute approximate surface area is 173 Å². The summed E-state index contributed by atoms with van der Waals surface area (Å²) in [4.78, 5) is 5.69. The smallest absolute Gasteiger partial charge is 0.263 e. The number of nitrogens with zero attached hydrogens (tertiary/aromatic N) is 1. The molecule has 0 aliphatic rings. The van der Waals surface area contributed by atoms with Crippen LogP contribution in [-0.2, 0) is 15.8 Å². The molecule has 0 amide bonds. The molecule has 0 aliphatic carbocycles. The molecular weight excluding hydrogens is 404 g/mol. The third-order valence-corrected chi connectivity index (χ3v) is 6.45. The van der Waals surface area contributed by atoms with Gasteiger partial charge in [-0.3, -0.25) is 4.72 Å². The topological polar surface area (TPSA) is 72.2 Å². The van der Waals surface area contributed by atoms with Gasteiger partial charge in [-0.1, -0.05) is 66.7 Å². The Morgan fingerprint density at radius 3 is 2.07 bits per heavy atom. The predicted molar refractivity (Wildman–Crippen MR) is 115 cm³/mol. The molecule has 0 radical (unpaired) electrons. The van der Waals surface area contributed by atoms with Gasteiger partial charge >= 0.3 is 0 Å². The first-order valence-electron chi connectivity index (χ1n) is 8.93. The first-order valence-corrected chi connectivity index (χ1v) is 11.4. The second-order valence-corrected chi connectivity index (χ2v) is 8.90. The van der Waals surface area contributed by atoms with Crippen molar-refractivity contribution in [2.45, 2.75) is 15.5 Å². The number of benzene rings is 3. The van der Waals surface area contributed by atoms with Crippen molar-refractivity contribution in [3.05, 3.63) is 96.9 Å². The van der Waals surface area contributed by atoms with Gasteiger partial charge in [-0.25, -0.2) is 8.42 Å². The largest absolute Gasteiger partial charge is 0.437 e. The Morgan fingerprint density at radius 1 is 0.828 bits per heavy atom. The van der Waals surface area contributed by atoms with Gasteiger partial charge in [0.2, 0.25) is 5.89 Å². The van der Waals surface area contributed by atoms with E-state index in [2.05, 4.69) is 9.71 Å². The number of nitrogens with one attached hydrogen (secondary N) is 1. The molecule has 7 heteroatoms. The van der Waals surface area contributed by atoms with Gasteiger partial charge in [0, 0.05) is 10.5 Å². The van der Waals surface area contributed by atoms with E-state index >= 15 is 0 Å². The first-order chi connectivity index (χ1) is 14.1. The van der Waals surface area contributed by atoms with E-state index in [0.717, 1.165) is 10.5 Å². The lowest BCUT2D eigenvalue weighted by atomic mass is 10.2. The van der Waals surface area contributed by atoms with E-state index in [1.54, 1.807) is 30.0 Å². The van der Waals surface area contributed by atoms with E-state index in [1.807, 2.05) is 60.7 Å². The summed E-state index contributed by atoms with van der Waals surface area (Å²) in [5, 5.41) is 0. The van der Waals surface area contributed by atoms with Gasteiger partial charge < -0.3 is 4.42 Å². The average molecular weight is 423 g/mol. The Bertz CT molecular complexity index is 1180. The molecule has 4 aromatic rings. The monoisotopic (exact) mass is 422 g/mol. The summed E-state index contributed by atoms with van der Waals surface area (Å²) >= 11 is 1.57. The summed E-state index contributed by atoms with van der Waals surface area (Å²) in [6.45, 7) is 0. The number of anilines is 1. The number of hydrogen-bond acceptors (Lipinski definition) is 5. The van der Waals surface area contributed by atoms with Gasteiger partial charge in [0.15, 0.2) is 11.6 Å². The van der Waals surface area contributed by atoms with E-state index in [1.165, 1.54) is 12.1 Å². The number of oxazole rings is 1. The summed E-state index contributed by atoms with van der Waals surface area (Å²) in [5.41, 5.74) is 0.752. The maximum absolute atomic E-state index is 12.8. The van der Waals surface area contributed by atoms with E-state index < -0.39 is 10.0 Å². The number of rotatable bonds is 7. The number of hydrogen-bond donors (Lipinski definition) is 1. The normalized spacial score (nSPS) is 11.3. The van der Waals surface area contributed by atoms with Crippen LogP contribution in [0.5, 0.6) is 0 Å². The van der Waals surface area contributed by atoms with Crippen molar-refractivity contribution in [3.8, 4) is 11.3 Å². The average Bonchev–Trinajstić information content (AvgIpc) is 3.16. The number of aromatic nitrogens is 1. The highest BCUT2D eigenvalue weighted by molar-refractivity contribution is 7.98. The zero-order valence-corrected chi connectivity index (χ0v) is 17.0. The van der Waals surface area contributed by atoms with Gasteiger partial charge in [0.25, 0.3) is 10.0 Å². The molecule has 0 fully saturated rings. The third-order valence-electron chi connectivity index (χ3n) is 4.10. The summed E-state index contributed by atoms with van der Waals surface area (Å²) in [7, 11) is -3.78. The molecule has 0 bridgehead atoms. The lowest BCUT2D eigenvalue weighted by Crippen LogP contribution is -2.13. The fraction of sp³-hybridized carbons (Fsp3) is 0.0455. The van der Waals surface area contributed by atoms with Crippen molar-refractivity contribution in [1.82, 2.24) is 4.98 Å². The molecule has 29 heavy (non-hydrogen) atoms.